The van der Waals surface area contributed by atoms with Gasteiger partial charge in [-0.05, 0) is 59.0 Å². The van der Waals surface area contributed by atoms with Crippen LogP contribution in [-0.2, 0) is 5.41 Å². The summed E-state index contributed by atoms with van der Waals surface area (Å²) in [6.07, 6.45) is 4.87. The van der Waals surface area contributed by atoms with Gasteiger partial charge in [0.05, 0.1) is 11.7 Å². The summed E-state index contributed by atoms with van der Waals surface area (Å²) in [4.78, 5) is 15.8. The third-order valence-corrected chi connectivity index (χ3v) is 6.88. The Balaban J connectivity index is 1.44. The Labute approximate surface area is 185 Å². The van der Waals surface area contributed by atoms with Gasteiger partial charge in [0.15, 0.2) is 5.82 Å². The van der Waals surface area contributed by atoms with Gasteiger partial charge >= 0.3 is 0 Å². The maximum atomic E-state index is 13.3. The predicted octanol–water partition coefficient (Wildman–Crippen LogP) is 4.32. The molecule has 1 unspecified atom stereocenters. The largest absolute Gasteiger partial charge is 0.350 e. The molecule has 1 fully saturated rings. The molecule has 0 spiro atoms. The van der Waals surface area contributed by atoms with E-state index in [1.54, 1.807) is 23.8 Å². The summed E-state index contributed by atoms with van der Waals surface area (Å²) in [5.74, 6) is 1.13. The smallest absolute Gasteiger partial charge is 0.241 e. The lowest BCUT2D eigenvalue weighted by Gasteiger charge is -2.29. The summed E-state index contributed by atoms with van der Waals surface area (Å²) in [5, 5.41) is 8.07. The van der Waals surface area contributed by atoms with Gasteiger partial charge in [-0.15, -0.1) is 5.10 Å². The quantitative estimate of drug-likeness (QED) is 0.641. The van der Waals surface area contributed by atoms with Crippen LogP contribution in [0.4, 0.5) is 20.5 Å². The molecule has 0 saturated carbocycles. The van der Waals surface area contributed by atoms with Crippen LogP contribution >= 0.6 is 0 Å². The SMILES string of the molecule is CC1=Nc2ncc(-c3ccn4nc(NC5CCN(C)CC5)ncc34)cc2C1(C)CC(F)F. The lowest BCUT2D eigenvalue weighted by Crippen LogP contribution is -2.37. The van der Waals surface area contributed by atoms with E-state index in [0.29, 0.717) is 23.5 Å². The first-order valence-corrected chi connectivity index (χ1v) is 11.0. The van der Waals surface area contributed by atoms with E-state index >= 15 is 0 Å². The van der Waals surface area contributed by atoms with Crippen LogP contribution in [0.2, 0.25) is 0 Å². The van der Waals surface area contributed by atoms with Crippen molar-refractivity contribution in [2.75, 3.05) is 25.5 Å². The molecular weight excluding hydrogens is 412 g/mol. The third kappa shape index (κ3) is 3.64. The van der Waals surface area contributed by atoms with Crippen molar-refractivity contribution < 1.29 is 8.78 Å². The lowest BCUT2D eigenvalue weighted by atomic mass is 9.77. The van der Waals surface area contributed by atoms with Crippen LogP contribution in [0.25, 0.3) is 16.6 Å². The minimum atomic E-state index is -2.42. The molecule has 3 aromatic heterocycles. The average molecular weight is 440 g/mol. The maximum Gasteiger partial charge on any atom is 0.241 e. The fourth-order valence-corrected chi connectivity index (χ4v) is 4.69. The molecule has 5 heterocycles. The number of likely N-dealkylation sites (tertiary alicyclic amines) is 1. The third-order valence-electron chi connectivity index (χ3n) is 6.88. The number of nitrogens with one attached hydrogen (secondary N) is 1. The first-order valence-electron chi connectivity index (χ1n) is 11.0. The van der Waals surface area contributed by atoms with Crippen LogP contribution in [0.1, 0.15) is 38.7 Å². The Bertz CT molecular complexity index is 1180. The molecule has 32 heavy (non-hydrogen) atoms. The number of anilines is 1. The van der Waals surface area contributed by atoms with Crippen molar-refractivity contribution in [1.82, 2.24) is 24.5 Å². The fraction of sp³-hybridized carbons (Fsp3) is 0.478. The van der Waals surface area contributed by atoms with E-state index in [0.717, 1.165) is 48.1 Å². The van der Waals surface area contributed by atoms with E-state index in [9.17, 15) is 8.78 Å². The van der Waals surface area contributed by atoms with Gasteiger partial charge in [0.25, 0.3) is 0 Å². The van der Waals surface area contributed by atoms with Crippen LogP contribution in [0.15, 0.2) is 35.7 Å². The maximum absolute atomic E-state index is 13.3. The first-order chi connectivity index (χ1) is 15.3. The van der Waals surface area contributed by atoms with Crippen LogP contribution in [-0.4, -0.2) is 62.8 Å². The van der Waals surface area contributed by atoms with Gasteiger partial charge in [0, 0.05) is 52.7 Å². The number of alkyl halides is 2. The molecule has 1 saturated heterocycles. The molecule has 5 rings (SSSR count). The van der Waals surface area contributed by atoms with Gasteiger partial charge in [0.2, 0.25) is 12.4 Å². The molecule has 9 heteroatoms. The van der Waals surface area contributed by atoms with E-state index in [2.05, 4.69) is 37.3 Å². The Kier molecular flexibility index (Phi) is 5.16. The Morgan fingerprint density at radius 3 is 2.75 bits per heavy atom. The minimum absolute atomic E-state index is 0.272. The van der Waals surface area contributed by atoms with Gasteiger partial charge in [-0.1, -0.05) is 0 Å². The summed E-state index contributed by atoms with van der Waals surface area (Å²) in [6.45, 7) is 5.74. The monoisotopic (exact) mass is 439 g/mol. The van der Waals surface area contributed by atoms with Crippen molar-refractivity contribution >= 4 is 23.0 Å². The number of fused-ring (bicyclic) bond motifs is 2. The number of hydrogen-bond acceptors (Lipinski definition) is 6. The zero-order valence-electron chi connectivity index (χ0n) is 18.5. The highest BCUT2D eigenvalue weighted by Crippen LogP contribution is 2.44. The number of aliphatic imine (C=N–C) groups is 1. The highest BCUT2D eigenvalue weighted by molar-refractivity contribution is 5.99. The van der Waals surface area contributed by atoms with Gasteiger partial charge in [-0.3, -0.25) is 0 Å². The van der Waals surface area contributed by atoms with E-state index in [4.69, 9.17) is 0 Å². The molecule has 3 aromatic rings. The standard InChI is InChI=1S/C23H27F2N7/c1-14-23(2,11-20(24)25)18-10-15(12-26-21(18)28-14)17-6-9-32-19(17)13-27-22(30-32)29-16-4-7-31(3)8-5-16/h6,9-10,12-13,16,20H,4-5,7-8,11H2,1-3H3,(H,29,30). The summed E-state index contributed by atoms with van der Waals surface area (Å²) in [5.41, 5.74) is 3.20. The van der Waals surface area contributed by atoms with Gasteiger partial charge in [-0.25, -0.2) is 28.3 Å². The Morgan fingerprint density at radius 1 is 1.22 bits per heavy atom. The zero-order chi connectivity index (χ0) is 22.5. The van der Waals surface area contributed by atoms with Crippen molar-refractivity contribution in [2.24, 2.45) is 4.99 Å². The van der Waals surface area contributed by atoms with Crippen molar-refractivity contribution in [1.29, 1.82) is 0 Å². The fourth-order valence-electron chi connectivity index (χ4n) is 4.69. The number of rotatable bonds is 5. The van der Waals surface area contributed by atoms with Gasteiger partial charge < -0.3 is 10.2 Å². The van der Waals surface area contributed by atoms with Crippen LogP contribution in [0.3, 0.4) is 0 Å². The van der Waals surface area contributed by atoms with Crippen LogP contribution in [0.5, 0.6) is 0 Å². The summed E-state index contributed by atoms with van der Waals surface area (Å²) >= 11 is 0. The number of aromatic nitrogens is 4. The van der Waals surface area contributed by atoms with E-state index in [1.807, 2.05) is 25.3 Å². The lowest BCUT2D eigenvalue weighted by molar-refractivity contribution is 0.121. The number of pyridine rings is 1. The van der Waals surface area contributed by atoms with Crippen molar-refractivity contribution in [3.63, 3.8) is 0 Å². The Hall–Kier alpha value is -2.94. The van der Waals surface area contributed by atoms with Crippen molar-refractivity contribution in [2.45, 2.75) is 51.0 Å². The minimum Gasteiger partial charge on any atom is -0.350 e. The summed E-state index contributed by atoms with van der Waals surface area (Å²) in [6, 6.07) is 4.26. The molecule has 0 aromatic carbocycles. The van der Waals surface area contributed by atoms with Crippen molar-refractivity contribution in [3.05, 3.63) is 36.3 Å². The molecular formula is C23H27F2N7. The topological polar surface area (TPSA) is 70.7 Å². The van der Waals surface area contributed by atoms with Gasteiger partial charge in [-0.2, -0.15) is 0 Å². The highest BCUT2D eigenvalue weighted by atomic mass is 19.3. The second-order valence-corrected chi connectivity index (χ2v) is 9.08. The Morgan fingerprint density at radius 2 is 2.00 bits per heavy atom. The number of hydrogen-bond donors (Lipinski definition) is 1. The number of piperidine rings is 1. The van der Waals surface area contributed by atoms with Crippen LogP contribution < -0.4 is 5.32 Å². The molecule has 2 aliphatic rings. The normalized spacial score (nSPS) is 21.9. The van der Waals surface area contributed by atoms with Crippen LogP contribution in [0, 0.1) is 0 Å². The second-order valence-electron chi connectivity index (χ2n) is 9.08. The highest BCUT2D eigenvalue weighted by Gasteiger charge is 2.40. The molecule has 0 amide bonds. The average Bonchev–Trinajstić information content (AvgIpc) is 3.28. The van der Waals surface area contributed by atoms with E-state index in [-0.39, 0.29) is 6.42 Å². The summed E-state index contributed by atoms with van der Waals surface area (Å²) in [7, 11) is 2.14. The molecule has 1 atom stereocenters. The summed E-state index contributed by atoms with van der Waals surface area (Å²) < 4.78 is 28.4. The molecule has 0 radical (unpaired) electrons. The van der Waals surface area contributed by atoms with Gasteiger partial charge in [0.1, 0.15) is 0 Å². The first kappa shape index (κ1) is 20.9. The molecule has 2 aliphatic heterocycles. The molecule has 0 aliphatic carbocycles. The molecule has 0 bridgehead atoms. The number of nitrogens with zero attached hydrogens (tertiary/aromatic N) is 6. The molecule has 168 valence electrons. The van der Waals surface area contributed by atoms with Crippen molar-refractivity contribution in [3.8, 4) is 11.1 Å². The zero-order valence-corrected chi connectivity index (χ0v) is 18.5. The molecule has 7 nitrogen and oxygen atoms in total. The molecule has 1 N–H and O–H groups in total. The van der Waals surface area contributed by atoms with E-state index < -0.39 is 11.8 Å². The van der Waals surface area contributed by atoms with E-state index in [1.165, 1.54) is 0 Å². The second kappa shape index (κ2) is 7.88. The predicted molar refractivity (Wildman–Crippen MR) is 121 cm³/mol. The number of halogens is 2.